The maximum Gasteiger partial charge on any atom is 0.0676 e. The molecule has 0 aliphatic heterocycles. The van der Waals surface area contributed by atoms with E-state index >= 15 is 0 Å². The summed E-state index contributed by atoms with van der Waals surface area (Å²) < 4.78 is 0. The Morgan fingerprint density at radius 2 is 1.61 bits per heavy atom. The van der Waals surface area contributed by atoms with Crippen molar-refractivity contribution in [1.82, 2.24) is 0 Å². The lowest BCUT2D eigenvalue weighted by molar-refractivity contribution is -0.170. The summed E-state index contributed by atoms with van der Waals surface area (Å²) in [5.41, 5.74) is 1.52. The summed E-state index contributed by atoms with van der Waals surface area (Å²) in [6, 6.07) is 11.1. The third-order valence-corrected chi connectivity index (χ3v) is 6.23. The molecule has 18 heavy (non-hydrogen) atoms. The lowest BCUT2D eigenvalue weighted by Gasteiger charge is -2.63. The summed E-state index contributed by atoms with van der Waals surface area (Å²) in [5.74, 6) is 1.93. The lowest BCUT2D eigenvalue weighted by atomic mass is 9.43. The normalized spacial score (nSPS) is 49.6. The Labute approximate surface area is 109 Å². The SMILES string of the molecule is CC1(O)[C@@H]2CC3C[C@H]1CC(c1ccccc1)(C3)C2. The minimum Gasteiger partial charge on any atom is -0.390 e. The fraction of sp³-hybridized carbons (Fsp3) is 0.647. The van der Waals surface area contributed by atoms with Crippen LogP contribution in [0.1, 0.15) is 44.6 Å². The highest BCUT2D eigenvalue weighted by Crippen LogP contribution is 2.63. The molecule has 4 aliphatic carbocycles. The zero-order valence-corrected chi connectivity index (χ0v) is 11.1. The Balaban J connectivity index is 1.77. The van der Waals surface area contributed by atoms with Gasteiger partial charge in [0.05, 0.1) is 5.60 Å². The Morgan fingerprint density at radius 1 is 1.00 bits per heavy atom. The van der Waals surface area contributed by atoms with Crippen LogP contribution in [0.15, 0.2) is 30.3 Å². The highest BCUT2D eigenvalue weighted by molar-refractivity contribution is 5.30. The molecule has 1 N–H and O–H groups in total. The van der Waals surface area contributed by atoms with Crippen molar-refractivity contribution in [3.8, 4) is 0 Å². The molecule has 5 atom stereocenters. The van der Waals surface area contributed by atoms with E-state index in [1.165, 1.54) is 37.7 Å². The Kier molecular flexibility index (Phi) is 2.08. The molecule has 4 fully saturated rings. The van der Waals surface area contributed by atoms with Crippen LogP contribution < -0.4 is 0 Å². The van der Waals surface area contributed by atoms with Crippen molar-refractivity contribution in [3.05, 3.63) is 35.9 Å². The summed E-state index contributed by atoms with van der Waals surface area (Å²) in [4.78, 5) is 0. The van der Waals surface area contributed by atoms with Gasteiger partial charge in [0.1, 0.15) is 0 Å². The number of rotatable bonds is 1. The van der Waals surface area contributed by atoms with Crippen LogP contribution in [-0.2, 0) is 5.41 Å². The monoisotopic (exact) mass is 242 g/mol. The first-order valence-electron chi connectivity index (χ1n) is 7.38. The van der Waals surface area contributed by atoms with Gasteiger partial charge in [-0.15, -0.1) is 0 Å². The molecule has 3 unspecified atom stereocenters. The van der Waals surface area contributed by atoms with Crippen LogP contribution in [0.5, 0.6) is 0 Å². The minimum atomic E-state index is -0.394. The number of hydrogen-bond acceptors (Lipinski definition) is 1. The first-order valence-corrected chi connectivity index (χ1v) is 7.38. The van der Waals surface area contributed by atoms with Gasteiger partial charge in [0.2, 0.25) is 0 Å². The summed E-state index contributed by atoms with van der Waals surface area (Å²) in [5, 5.41) is 10.8. The van der Waals surface area contributed by atoms with Gasteiger partial charge in [-0.25, -0.2) is 0 Å². The zero-order valence-electron chi connectivity index (χ0n) is 11.1. The summed E-state index contributed by atoms with van der Waals surface area (Å²) in [6.07, 6.45) is 6.30. The van der Waals surface area contributed by atoms with E-state index in [4.69, 9.17) is 0 Å². The molecule has 0 radical (unpaired) electrons. The molecule has 1 nitrogen and oxygen atoms in total. The van der Waals surface area contributed by atoms with Crippen molar-refractivity contribution in [3.63, 3.8) is 0 Å². The first-order chi connectivity index (χ1) is 8.60. The molecule has 0 amide bonds. The molecule has 0 aromatic heterocycles. The van der Waals surface area contributed by atoms with Crippen LogP contribution in [0.25, 0.3) is 0 Å². The number of benzene rings is 1. The average molecular weight is 242 g/mol. The molecular formula is C17H22O. The van der Waals surface area contributed by atoms with Crippen LogP contribution in [0.2, 0.25) is 0 Å². The van der Waals surface area contributed by atoms with Gasteiger partial charge < -0.3 is 5.11 Å². The van der Waals surface area contributed by atoms with Gasteiger partial charge in [-0.2, -0.15) is 0 Å². The molecule has 4 saturated carbocycles. The fourth-order valence-corrected chi connectivity index (χ4v) is 5.35. The molecule has 0 saturated heterocycles. The van der Waals surface area contributed by atoms with Gasteiger partial charge in [-0.05, 0) is 67.8 Å². The number of aliphatic hydroxyl groups is 1. The van der Waals surface area contributed by atoms with Crippen molar-refractivity contribution in [2.75, 3.05) is 0 Å². The molecule has 0 heterocycles. The van der Waals surface area contributed by atoms with E-state index in [1.807, 2.05) is 0 Å². The van der Waals surface area contributed by atoms with Crippen LogP contribution in [-0.4, -0.2) is 10.7 Å². The molecule has 96 valence electrons. The minimum absolute atomic E-state index is 0.389. The molecule has 0 spiro atoms. The van der Waals surface area contributed by atoms with E-state index in [9.17, 15) is 5.11 Å². The highest BCUT2D eigenvalue weighted by Gasteiger charge is 2.60. The van der Waals surface area contributed by atoms with Crippen molar-refractivity contribution in [2.24, 2.45) is 17.8 Å². The predicted octanol–water partition coefficient (Wildman–Crippen LogP) is 3.52. The molecule has 4 aliphatic rings. The maximum atomic E-state index is 10.8. The largest absolute Gasteiger partial charge is 0.390 e. The average Bonchev–Trinajstić information content (AvgIpc) is 2.37. The van der Waals surface area contributed by atoms with Crippen LogP contribution in [0, 0.1) is 17.8 Å². The third-order valence-electron chi connectivity index (χ3n) is 6.23. The Bertz CT molecular complexity index is 444. The Morgan fingerprint density at radius 3 is 2.22 bits per heavy atom. The van der Waals surface area contributed by atoms with Gasteiger partial charge in [0.15, 0.2) is 0 Å². The molecule has 1 heteroatoms. The van der Waals surface area contributed by atoms with E-state index in [-0.39, 0.29) is 0 Å². The van der Waals surface area contributed by atoms with Gasteiger partial charge in [-0.3, -0.25) is 0 Å². The van der Waals surface area contributed by atoms with Gasteiger partial charge >= 0.3 is 0 Å². The van der Waals surface area contributed by atoms with Crippen LogP contribution >= 0.6 is 0 Å². The van der Waals surface area contributed by atoms with Gasteiger partial charge in [0, 0.05) is 0 Å². The molecular weight excluding hydrogens is 220 g/mol. The maximum absolute atomic E-state index is 10.8. The van der Waals surface area contributed by atoms with Crippen LogP contribution in [0.4, 0.5) is 0 Å². The molecule has 1 aromatic rings. The summed E-state index contributed by atoms with van der Waals surface area (Å²) in [7, 11) is 0. The van der Waals surface area contributed by atoms with E-state index in [0.717, 1.165) is 5.92 Å². The van der Waals surface area contributed by atoms with E-state index in [0.29, 0.717) is 17.3 Å². The van der Waals surface area contributed by atoms with E-state index < -0.39 is 5.60 Å². The number of hydrogen-bond donors (Lipinski definition) is 1. The summed E-state index contributed by atoms with van der Waals surface area (Å²) in [6.45, 7) is 2.10. The first kappa shape index (κ1) is 11.0. The second-order valence-corrected chi connectivity index (χ2v) is 7.22. The van der Waals surface area contributed by atoms with Crippen molar-refractivity contribution in [2.45, 2.75) is 50.0 Å². The van der Waals surface area contributed by atoms with Crippen molar-refractivity contribution >= 4 is 0 Å². The van der Waals surface area contributed by atoms with Crippen molar-refractivity contribution in [1.29, 1.82) is 0 Å². The molecule has 1 aromatic carbocycles. The highest BCUT2D eigenvalue weighted by atomic mass is 16.3. The van der Waals surface area contributed by atoms with E-state index in [1.54, 1.807) is 0 Å². The topological polar surface area (TPSA) is 20.2 Å². The third kappa shape index (κ3) is 1.31. The summed E-state index contributed by atoms with van der Waals surface area (Å²) >= 11 is 0. The second-order valence-electron chi connectivity index (χ2n) is 7.22. The molecule has 4 bridgehead atoms. The van der Waals surface area contributed by atoms with Gasteiger partial charge in [0.25, 0.3) is 0 Å². The molecule has 5 rings (SSSR count). The Hall–Kier alpha value is -0.820. The van der Waals surface area contributed by atoms with Crippen LogP contribution in [0.3, 0.4) is 0 Å². The predicted molar refractivity (Wildman–Crippen MR) is 72.3 cm³/mol. The van der Waals surface area contributed by atoms with E-state index in [2.05, 4.69) is 37.3 Å². The standard InChI is InChI=1S/C17H22O/c1-16(18)14-7-12-8-15(16)11-17(9-12,10-14)13-5-3-2-4-6-13/h2-6,12,14-15,18H,7-11H2,1H3/t12?,14-,15+,16?,17?. The van der Waals surface area contributed by atoms with Gasteiger partial charge in [-0.1, -0.05) is 30.3 Å². The zero-order chi connectivity index (χ0) is 12.4. The quantitative estimate of drug-likeness (QED) is 0.799. The smallest absolute Gasteiger partial charge is 0.0676 e. The fourth-order valence-electron chi connectivity index (χ4n) is 5.35. The van der Waals surface area contributed by atoms with Crippen molar-refractivity contribution < 1.29 is 5.11 Å². The second kappa shape index (κ2) is 3.39. The lowest BCUT2D eigenvalue weighted by Crippen LogP contribution is -2.61.